The van der Waals surface area contributed by atoms with E-state index in [1.54, 1.807) is 4.68 Å². The second-order valence-corrected chi connectivity index (χ2v) is 5.86. The summed E-state index contributed by atoms with van der Waals surface area (Å²) < 4.78 is 7.53. The summed E-state index contributed by atoms with van der Waals surface area (Å²) in [6.45, 7) is 2.46. The number of nitrogen functional groups attached to an aromatic ring is 1. The number of hydrogen-bond acceptors (Lipinski definition) is 3. The molecule has 0 bridgehead atoms. The lowest BCUT2D eigenvalue weighted by Crippen LogP contribution is -1.98. The number of hydrogen-bond donors (Lipinski definition) is 1. The second-order valence-electron chi connectivity index (χ2n) is 5.46. The molecule has 0 saturated carbocycles. The monoisotopic (exact) mass is 327 g/mol. The third-order valence-electron chi connectivity index (χ3n) is 3.67. The predicted molar refractivity (Wildman–Crippen MR) is 93.6 cm³/mol. The Kier molecular flexibility index (Phi) is 4.26. The average molecular weight is 328 g/mol. The predicted octanol–water partition coefficient (Wildman–Crippen LogP) is 4.21. The highest BCUT2D eigenvalue weighted by Crippen LogP contribution is 2.34. The molecule has 0 aliphatic carbocycles. The lowest BCUT2D eigenvalue weighted by Gasteiger charge is -2.12. The highest BCUT2D eigenvalue weighted by atomic mass is 35.5. The number of benzene rings is 2. The zero-order valence-corrected chi connectivity index (χ0v) is 13.8. The molecule has 3 aromatic rings. The number of nitrogens with two attached hydrogens (primary N) is 1. The van der Waals surface area contributed by atoms with Crippen molar-refractivity contribution in [1.29, 1.82) is 0 Å². The normalized spacial score (nSPS) is 10.7. The van der Waals surface area contributed by atoms with Crippen molar-refractivity contribution < 1.29 is 4.74 Å². The molecule has 0 aliphatic heterocycles. The van der Waals surface area contributed by atoms with E-state index in [2.05, 4.69) is 5.10 Å². The van der Waals surface area contributed by atoms with Gasteiger partial charge in [-0.15, -0.1) is 0 Å². The maximum Gasteiger partial charge on any atom is 0.141 e. The van der Waals surface area contributed by atoms with Gasteiger partial charge in [0.1, 0.15) is 18.2 Å². The van der Waals surface area contributed by atoms with Crippen molar-refractivity contribution in [3.63, 3.8) is 0 Å². The molecule has 3 rings (SSSR count). The zero-order valence-electron chi connectivity index (χ0n) is 13.1. The standard InChI is InChI=1S/C18H18ClN3O/c1-12-8-14(16-10-17(20)22(2)21-16)9-15(19)18(12)23-11-13-6-4-3-5-7-13/h3-10H,11,20H2,1-2H3. The van der Waals surface area contributed by atoms with Crippen molar-refractivity contribution in [3.8, 4) is 17.0 Å². The molecule has 4 nitrogen and oxygen atoms in total. The van der Waals surface area contributed by atoms with E-state index in [1.165, 1.54) is 0 Å². The highest BCUT2D eigenvalue weighted by Gasteiger charge is 2.12. The first-order valence-electron chi connectivity index (χ1n) is 7.31. The first-order valence-corrected chi connectivity index (χ1v) is 7.69. The summed E-state index contributed by atoms with van der Waals surface area (Å²) >= 11 is 6.41. The molecule has 2 aromatic carbocycles. The van der Waals surface area contributed by atoms with Gasteiger partial charge in [0.05, 0.1) is 10.7 Å². The van der Waals surface area contributed by atoms with E-state index in [4.69, 9.17) is 22.1 Å². The van der Waals surface area contributed by atoms with Gasteiger partial charge in [0.25, 0.3) is 0 Å². The van der Waals surface area contributed by atoms with Crippen LogP contribution in [0.2, 0.25) is 5.02 Å². The van der Waals surface area contributed by atoms with E-state index in [-0.39, 0.29) is 0 Å². The van der Waals surface area contributed by atoms with Crippen LogP contribution in [0.15, 0.2) is 48.5 Å². The molecular weight excluding hydrogens is 310 g/mol. The fourth-order valence-corrected chi connectivity index (χ4v) is 2.74. The van der Waals surface area contributed by atoms with Gasteiger partial charge in [0.2, 0.25) is 0 Å². The molecular formula is C18H18ClN3O. The third kappa shape index (κ3) is 3.32. The van der Waals surface area contributed by atoms with E-state index < -0.39 is 0 Å². The number of halogens is 1. The third-order valence-corrected chi connectivity index (χ3v) is 3.95. The van der Waals surface area contributed by atoms with Crippen molar-refractivity contribution in [3.05, 3.63) is 64.7 Å². The van der Waals surface area contributed by atoms with E-state index in [0.717, 1.165) is 22.4 Å². The van der Waals surface area contributed by atoms with E-state index in [0.29, 0.717) is 23.2 Å². The second kappa shape index (κ2) is 6.34. The van der Waals surface area contributed by atoms with Crippen LogP contribution >= 0.6 is 11.6 Å². The fourth-order valence-electron chi connectivity index (χ4n) is 2.41. The average Bonchev–Trinajstić information content (AvgIpc) is 2.87. The summed E-state index contributed by atoms with van der Waals surface area (Å²) in [6.07, 6.45) is 0. The van der Waals surface area contributed by atoms with Gasteiger partial charge in [-0.25, -0.2) is 0 Å². The summed E-state index contributed by atoms with van der Waals surface area (Å²) in [7, 11) is 1.81. The summed E-state index contributed by atoms with van der Waals surface area (Å²) in [5.41, 5.74) is 9.62. The Morgan fingerprint density at radius 3 is 2.52 bits per heavy atom. The van der Waals surface area contributed by atoms with Gasteiger partial charge in [0, 0.05) is 18.7 Å². The Balaban J connectivity index is 1.85. The van der Waals surface area contributed by atoms with Crippen LogP contribution < -0.4 is 10.5 Å². The van der Waals surface area contributed by atoms with Gasteiger partial charge < -0.3 is 10.5 Å². The lowest BCUT2D eigenvalue weighted by molar-refractivity contribution is 0.304. The number of aryl methyl sites for hydroxylation is 2. The van der Waals surface area contributed by atoms with Crippen LogP contribution in [-0.4, -0.2) is 9.78 Å². The largest absolute Gasteiger partial charge is 0.487 e. The van der Waals surface area contributed by atoms with Gasteiger partial charge in [-0.1, -0.05) is 41.9 Å². The van der Waals surface area contributed by atoms with Crippen LogP contribution in [0.4, 0.5) is 5.82 Å². The van der Waals surface area contributed by atoms with Crippen LogP contribution in [0.3, 0.4) is 0 Å². The van der Waals surface area contributed by atoms with Gasteiger partial charge in [-0.3, -0.25) is 4.68 Å². The quantitative estimate of drug-likeness (QED) is 0.781. The highest BCUT2D eigenvalue weighted by molar-refractivity contribution is 6.32. The number of anilines is 1. The Labute approximate surface area is 140 Å². The number of ether oxygens (including phenoxy) is 1. The minimum Gasteiger partial charge on any atom is -0.487 e. The fraction of sp³-hybridized carbons (Fsp3) is 0.167. The Morgan fingerprint density at radius 2 is 1.91 bits per heavy atom. The first kappa shape index (κ1) is 15.4. The van der Waals surface area contributed by atoms with Crippen molar-refractivity contribution in [2.75, 3.05) is 5.73 Å². The number of rotatable bonds is 4. The Hall–Kier alpha value is -2.46. The Morgan fingerprint density at radius 1 is 1.17 bits per heavy atom. The van der Waals surface area contributed by atoms with Crippen molar-refractivity contribution in [2.24, 2.45) is 7.05 Å². The van der Waals surface area contributed by atoms with Crippen LogP contribution in [0.5, 0.6) is 5.75 Å². The Bertz CT molecular complexity index is 785. The van der Waals surface area contributed by atoms with Crippen molar-refractivity contribution in [2.45, 2.75) is 13.5 Å². The molecule has 0 radical (unpaired) electrons. The number of aromatic nitrogens is 2. The van der Waals surface area contributed by atoms with E-state index in [1.807, 2.05) is 62.5 Å². The molecule has 2 N–H and O–H groups in total. The van der Waals surface area contributed by atoms with Crippen LogP contribution in [-0.2, 0) is 13.7 Å². The first-order chi connectivity index (χ1) is 11.0. The molecule has 0 atom stereocenters. The molecule has 118 valence electrons. The van der Waals surface area contributed by atoms with Crippen molar-refractivity contribution in [1.82, 2.24) is 9.78 Å². The minimum absolute atomic E-state index is 0.483. The summed E-state index contributed by atoms with van der Waals surface area (Å²) in [5.74, 6) is 1.31. The lowest BCUT2D eigenvalue weighted by atomic mass is 10.1. The van der Waals surface area contributed by atoms with Crippen LogP contribution in [0.25, 0.3) is 11.3 Å². The topological polar surface area (TPSA) is 53.1 Å². The molecule has 23 heavy (non-hydrogen) atoms. The summed E-state index contributed by atoms with van der Waals surface area (Å²) in [4.78, 5) is 0. The van der Waals surface area contributed by atoms with E-state index >= 15 is 0 Å². The zero-order chi connectivity index (χ0) is 16.4. The van der Waals surface area contributed by atoms with Crippen molar-refractivity contribution >= 4 is 17.4 Å². The molecule has 0 unspecified atom stereocenters. The smallest absolute Gasteiger partial charge is 0.141 e. The summed E-state index contributed by atoms with van der Waals surface area (Å²) in [5, 5.41) is 4.95. The molecule has 0 amide bonds. The van der Waals surface area contributed by atoms with Gasteiger partial charge in [0.15, 0.2) is 0 Å². The van der Waals surface area contributed by atoms with Gasteiger partial charge >= 0.3 is 0 Å². The molecule has 0 saturated heterocycles. The number of nitrogens with zero attached hydrogens (tertiary/aromatic N) is 2. The molecule has 5 heteroatoms. The minimum atomic E-state index is 0.483. The van der Waals surface area contributed by atoms with E-state index in [9.17, 15) is 0 Å². The SMILES string of the molecule is Cc1cc(-c2cc(N)n(C)n2)cc(Cl)c1OCc1ccccc1. The van der Waals surface area contributed by atoms with Crippen LogP contribution in [0.1, 0.15) is 11.1 Å². The van der Waals surface area contributed by atoms with Gasteiger partial charge in [-0.2, -0.15) is 5.10 Å². The van der Waals surface area contributed by atoms with Gasteiger partial charge in [-0.05, 0) is 30.2 Å². The molecule has 0 fully saturated rings. The van der Waals surface area contributed by atoms with Crippen LogP contribution in [0, 0.1) is 6.92 Å². The summed E-state index contributed by atoms with van der Waals surface area (Å²) in [6, 6.07) is 15.7. The maximum absolute atomic E-state index is 6.41. The molecule has 1 aromatic heterocycles. The molecule has 1 heterocycles. The molecule has 0 spiro atoms. The maximum atomic E-state index is 6.41. The molecule has 0 aliphatic rings.